The third-order valence-corrected chi connectivity index (χ3v) is 7.79. The molecule has 0 aliphatic heterocycles. The van der Waals surface area contributed by atoms with E-state index in [1.165, 1.54) is 44.6 Å². The maximum atomic E-state index is 11.9. The lowest BCUT2D eigenvalue weighted by Crippen LogP contribution is -2.49. The van der Waals surface area contributed by atoms with E-state index in [1.807, 2.05) is 12.1 Å². The van der Waals surface area contributed by atoms with E-state index in [1.54, 1.807) is 19.2 Å². The average Bonchev–Trinajstić information content (AvgIpc) is 3.19. The minimum Gasteiger partial charge on any atom is -0.507 e. The number of fused-ring (bicyclic) bond motifs is 3. The number of nitrogens with one attached hydrogen (secondary N) is 1. The molecule has 2 heterocycles. The lowest BCUT2D eigenvalue weighted by Gasteiger charge is -2.54. The summed E-state index contributed by atoms with van der Waals surface area (Å²) in [5.41, 5.74) is 2.41. The number of hydrogen-bond acceptors (Lipinski definition) is 6. The Morgan fingerprint density at radius 1 is 1.15 bits per heavy atom. The molecule has 0 saturated heterocycles. The number of amides is 1. The smallest absolute Gasteiger partial charge is 0.286 e. The molecule has 3 atom stereocenters. The van der Waals surface area contributed by atoms with Crippen LogP contribution in [0.2, 0.25) is 0 Å². The number of furan rings is 1. The van der Waals surface area contributed by atoms with Crippen LogP contribution in [0.15, 0.2) is 34.7 Å². The summed E-state index contributed by atoms with van der Waals surface area (Å²) in [6.07, 6.45) is 7.67. The van der Waals surface area contributed by atoms with Crippen LogP contribution in [0.3, 0.4) is 0 Å². The summed E-state index contributed by atoms with van der Waals surface area (Å²) in [6, 6.07) is 9.28. The van der Waals surface area contributed by atoms with Gasteiger partial charge in [0.1, 0.15) is 11.3 Å². The van der Waals surface area contributed by atoms with Gasteiger partial charge in [-0.25, -0.2) is 0 Å². The second kappa shape index (κ2) is 7.75. The standard InChI is InChI=1S/C26H32N4O3/c1-25-8-5-9-26(2,15-25)14-17(13-25)30(4)23-7-6-19(28-29-23)18-10-16-11-22(24(32)27-3)33-21(16)12-20(18)31/h6-7,10-12,17,31H,5,8-9,13-15H2,1-4H3,(H,27,32)/t17-,25-,26+. The minimum atomic E-state index is -0.311. The molecule has 1 aromatic carbocycles. The van der Waals surface area contributed by atoms with Crippen LogP contribution in [0.5, 0.6) is 5.75 Å². The lowest BCUT2D eigenvalue weighted by atomic mass is 9.55. The summed E-state index contributed by atoms with van der Waals surface area (Å²) in [7, 11) is 3.67. The molecule has 2 bridgehead atoms. The zero-order valence-corrected chi connectivity index (χ0v) is 19.8. The fourth-order valence-electron chi connectivity index (χ4n) is 6.34. The molecule has 7 nitrogen and oxygen atoms in total. The van der Waals surface area contributed by atoms with Crippen molar-refractivity contribution in [1.29, 1.82) is 0 Å². The van der Waals surface area contributed by atoms with Gasteiger partial charge in [0.15, 0.2) is 11.6 Å². The van der Waals surface area contributed by atoms with Crippen LogP contribution >= 0.6 is 0 Å². The summed E-state index contributed by atoms with van der Waals surface area (Å²) in [6.45, 7) is 4.90. The molecule has 2 aromatic heterocycles. The van der Waals surface area contributed by atoms with Gasteiger partial charge in [0.25, 0.3) is 5.91 Å². The molecule has 2 N–H and O–H groups in total. The molecule has 7 heteroatoms. The number of hydrogen-bond donors (Lipinski definition) is 2. The Kier molecular flexibility index (Phi) is 5.10. The van der Waals surface area contributed by atoms with Crippen LogP contribution in [0.1, 0.15) is 62.9 Å². The van der Waals surface area contributed by atoms with Gasteiger partial charge in [-0.2, -0.15) is 0 Å². The predicted octanol–water partition coefficient (Wildman–Crippen LogP) is 5.14. The molecule has 1 amide bonds. The molecule has 33 heavy (non-hydrogen) atoms. The van der Waals surface area contributed by atoms with Crippen LogP contribution in [-0.4, -0.2) is 41.3 Å². The summed E-state index contributed by atoms with van der Waals surface area (Å²) in [5, 5.41) is 22.8. The fourth-order valence-corrected chi connectivity index (χ4v) is 6.34. The first-order chi connectivity index (χ1) is 15.7. The van der Waals surface area contributed by atoms with Crippen molar-refractivity contribution in [2.45, 2.75) is 58.4 Å². The van der Waals surface area contributed by atoms with E-state index in [0.29, 0.717) is 33.7 Å². The Balaban J connectivity index is 1.40. The van der Waals surface area contributed by atoms with E-state index in [-0.39, 0.29) is 17.4 Å². The van der Waals surface area contributed by atoms with Gasteiger partial charge in [-0.15, -0.1) is 10.2 Å². The van der Waals surface area contributed by atoms with Crippen LogP contribution < -0.4 is 10.2 Å². The monoisotopic (exact) mass is 448 g/mol. The Bertz CT molecular complexity index is 1190. The van der Waals surface area contributed by atoms with Crippen molar-refractivity contribution in [1.82, 2.24) is 15.5 Å². The molecule has 0 radical (unpaired) electrons. The van der Waals surface area contributed by atoms with Gasteiger partial charge >= 0.3 is 0 Å². The third-order valence-electron chi connectivity index (χ3n) is 7.79. The van der Waals surface area contributed by atoms with Crippen LogP contribution in [0.4, 0.5) is 5.82 Å². The SMILES string of the molecule is CNC(=O)c1cc2cc(-c3ccc(N(C)[C@H]4C[C@]5(C)CCC[C@](C)(C4)C5)nn3)c(O)cc2o1. The summed E-state index contributed by atoms with van der Waals surface area (Å²) >= 11 is 0. The van der Waals surface area contributed by atoms with Crippen LogP contribution in [0, 0.1) is 10.8 Å². The molecule has 5 rings (SSSR count). The molecular formula is C26H32N4O3. The van der Waals surface area contributed by atoms with E-state index in [9.17, 15) is 9.90 Å². The first-order valence-electron chi connectivity index (χ1n) is 11.7. The second-order valence-electron chi connectivity index (χ2n) is 10.7. The molecule has 0 spiro atoms. The highest BCUT2D eigenvalue weighted by molar-refractivity contribution is 5.97. The topological polar surface area (TPSA) is 91.5 Å². The van der Waals surface area contributed by atoms with Crippen molar-refractivity contribution in [3.8, 4) is 17.0 Å². The van der Waals surface area contributed by atoms with E-state index in [4.69, 9.17) is 4.42 Å². The fraction of sp³-hybridized carbons (Fsp3) is 0.500. The molecule has 3 aromatic rings. The lowest BCUT2D eigenvalue weighted by molar-refractivity contribution is 0.0141. The van der Waals surface area contributed by atoms with Gasteiger partial charge in [0.2, 0.25) is 0 Å². The predicted molar refractivity (Wildman–Crippen MR) is 128 cm³/mol. The second-order valence-corrected chi connectivity index (χ2v) is 10.7. The van der Waals surface area contributed by atoms with Crippen LogP contribution in [-0.2, 0) is 0 Å². The molecule has 2 aliphatic carbocycles. The molecule has 2 saturated carbocycles. The van der Waals surface area contributed by atoms with Crippen molar-refractivity contribution < 1.29 is 14.3 Å². The number of nitrogens with zero attached hydrogens (tertiary/aromatic N) is 3. The molecule has 174 valence electrons. The van der Waals surface area contributed by atoms with Crippen LogP contribution in [0.25, 0.3) is 22.2 Å². The molecule has 0 unspecified atom stereocenters. The highest BCUT2D eigenvalue weighted by Crippen LogP contribution is 2.56. The Hall–Kier alpha value is -3.09. The minimum absolute atomic E-state index is 0.0386. The van der Waals surface area contributed by atoms with Gasteiger partial charge in [-0.05, 0) is 67.2 Å². The number of rotatable bonds is 4. The maximum absolute atomic E-state index is 11.9. The number of benzene rings is 1. The Morgan fingerprint density at radius 2 is 1.88 bits per heavy atom. The first-order valence-corrected chi connectivity index (χ1v) is 11.7. The highest BCUT2D eigenvalue weighted by atomic mass is 16.3. The summed E-state index contributed by atoms with van der Waals surface area (Å²) in [4.78, 5) is 14.1. The normalized spacial score (nSPS) is 26.8. The van der Waals surface area contributed by atoms with Crippen molar-refractivity contribution in [2.75, 3.05) is 19.0 Å². The van der Waals surface area contributed by atoms with Crippen molar-refractivity contribution in [3.63, 3.8) is 0 Å². The van der Waals surface area contributed by atoms with Crippen molar-refractivity contribution in [2.24, 2.45) is 10.8 Å². The average molecular weight is 449 g/mol. The number of phenols is 1. The highest BCUT2D eigenvalue weighted by Gasteiger charge is 2.47. The zero-order valence-electron chi connectivity index (χ0n) is 19.8. The first kappa shape index (κ1) is 21.7. The Labute approximate surface area is 194 Å². The molecule has 2 aliphatic rings. The van der Waals surface area contributed by atoms with Gasteiger partial charge in [0.05, 0.1) is 5.69 Å². The number of anilines is 1. The number of aromatic nitrogens is 2. The molecule has 2 fully saturated rings. The maximum Gasteiger partial charge on any atom is 0.286 e. The zero-order chi connectivity index (χ0) is 23.4. The van der Waals surface area contributed by atoms with E-state index >= 15 is 0 Å². The van der Waals surface area contributed by atoms with E-state index in [0.717, 1.165) is 11.2 Å². The van der Waals surface area contributed by atoms with Gasteiger partial charge < -0.3 is 19.7 Å². The number of carbonyl (C=O) groups is 1. The van der Waals surface area contributed by atoms with Crippen molar-refractivity contribution in [3.05, 3.63) is 36.1 Å². The summed E-state index contributed by atoms with van der Waals surface area (Å²) in [5.74, 6) is 0.777. The number of carbonyl (C=O) groups excluding carboxylic acids is 1. The molecular weight excluding hydrogens is 416 g/mol. The summed E-state index contributed by atoms with van der Waals surface area (Å²) < 4.78 is 5.54. The van der Waals surface area contributed by atoms with Crippen molar-refractivity contribution >= 4 is 22.7 Å². The largest absolute Gasteiger partial charge is 0.507 e. The third kappa shape index (κ3) is 3.94. The van der Waals surface area contributed by atoms with Gasteiger partial charge in [-0.1, -0.05) is 20.3 Å². The van der Waals surface area contributed by atoms with E-state index in [2.05, 4.69) is 41.3 Å². The number of aromatic hydroxyl groups is 1. The van der Waals surface area contributed by atoms with Gasteiger partial charge in [0, 0.05) is 37.2 Å². The quantitative estimate of drug-likeness (QED) is 0.574. The van der Waals surface area contributed by atoms with E-state index < -0.39 is 0 Å². The number of phenolic OH excluding ortho intramolecular Hbond substituents is 1. The Morgan fingerprint density at radius 3 is 2.52 bits per heavy atom. The van der Waals surface area contributed by atoms with Gasteiger partial charge in [-0.3, -0.25) is 4.79 Å².